The molecule has 0 bridgehead atoms. The molecule has 1 aliphatic heterocycles. The van der Waals surface area contributed by atoms with E-state index in [-0.39, 0.29) is 18.8 Å². The smallest absolute Gasteiger partial charge is 0.108 e. The summed E-state index contributed by atoms with van der Waals surface area (Å²) in [6.07, 6.45) is 1.66. The predicted molar refractivity (Wildman–Crippen MR) is 108 cm³/mol. The van der Waals surface area contributed by atoms with Gasteiger partial charge in [-0.25, -0.2) is 0 Å². The molecule has 2 N–H and O–H groups in total. The van der Waals surface area contributed by atoms with Crippen molar-refractivity contribution in [3.8, 4) is 0 Å². The number of hydrogen-bond acceptors (Lipinski definition) is 4. The van der Waals surface area contributed by atoms with E-state index in [9.17, 15) is 5.11 Å². The molecule has 4 nitrogen and oxygen atoms in total. The van der Waals surface area contributed by atoms with Crippen LogP contribution in [0.25, 0.3) is 0 Å². The Morgan fingerprint density at radius 1 is 1.15 bits per heavy atom. The van der Waals surface area contributed by atoms with E-state index in [0.717, 1.165) is 37.1 Å². The molecule has 3 atom stereocenters. The maximum Gasteiger partial charge on any atom is 0.108 e. The average molecular weight is 390 g/mol. The molecule has 146 valence electrons. The van der Waals surface area contributed by atoms with Gasteiger partial charge in [0.15, 0.2) is 0 Å². The van der Waals surface area contributed by atoms with Crippen LogP contribution in [-0.2, 0) is 9.47 Å². The summed E-state index contributed by atoms with van der Waals surface area (Å²) in [6.45, 7) is 4.42. The topological polar surface area (TPSA) is 50.7 Å². The van der Waals surface area contributed by atoms with Crippen molar-refractivity contribution in [2.45, 2.75) is 38.1 Å². The van der Waals surface area contributed by atoms with Crippen molar-refractivity contribution in [3.63, 3.8) is 0 Å². The molecule has 1 saturated heterocycles. The van der Waals surface area contributed by atoms with Crippen LogP contribution in [0.4, 0.5) is 0 Å². The number of nitrogens with one attached hydrogen (secondary N) is 1. The highest BCUT2D eigenvalue weighted by molar-refractivity contribution is 6.30. The van der Waals surface area contributed by atoms with Crippen molar-refractivity contribution in [2.75, 3.05) is 26.3 Å². The molecule has 0 aliphatic carbocycles. The minimum Gasteiger partial charge on any atom is -0.389 e. The summed E-state index contributed by atoms with van der Waals surface area (Å²) in [5, 5.41) is 14.3. The van der Waals surface area contributed by atoms with Crippen LogP contribution in [0, 0.1) is 6.92 Å². The van der Waals surface area contributed by atoms with Crippen molar-refractivity contribution in [1.82, 2.24) is 5.32 Å². The molecule has 1 aliphatic rings. The summed E-state index contributed by atoms with van der Waals surface area (Å²) in [5.74, 6) is 0. The van der Waals surface area contributed by atoms with Gasteiger partial charge in [-0.1, -0.05) is 53.6 Å². The quantitative estimate of drug-likeness (QED) is 0.683. The normalized spacial score (nSPS) is 19.1. The second-order valence-electron chi connectivity index (χ2n) is 7.12. The molecule has 27 heavy (non-hydrogen) atoms. The first kappa shape index (κ1) is 20.3. The van der Waals surface area contributed by atoms with Gasteiger partial charge in [-0.3, -0.25) is 0 Å². The monoisotopic (exact) mass is 389 g/mol. The molecule has 3 unspecified atom stereocenters. The molecule has 0 saturated carbocycles. The summed E-state index contributed by atoms with van der Waals surface area (Å²) >= 11 is 6.02. The van der Waals surface area contributed by atoms with Gasteiger partial charge in [-0.05, 0) is 43.0 Å². The van der Waals surface area contributed by atoms with Crippen LogP contribution in [0.3, 0.4) is 0 Å². The molecule has 1 heterocycles. The van der Waals surface area contributed by atoms with Crippen LogP contribution in [0.2, 0.25) is 5.02 Å². The van der Waals surface area contributed by atoms with Gasteiger partial charge in [0.05, 0.1) is 18.8 Å². The van der Waals surface area contributed by atoms with E-state index in [1.54, 1.807) is 0 Å². The zero-order valence-electron chi connectivity index (χ0n) is 15.7. The molecule has 2 aromatic carbocycles. The number of aryl methyl sites for hydroxylation is 1. The van der Waals surface area contributed by atoms with E-state index >= 15 is 0 Å². The van der Waals surface area contributed by atoms with Crippen LogP contribution < -0.4 is 5.32 Å². The highest BCUT2D eigenvalue weighted by atomic mass is 35.5. The summed E-state index contributed by atoms with van der Waals surface area (Å²) in [6, 6.07) is 15.9. The number of hydrogen-bond donors (Lipinski definition) is 2. The van der Waals surface area contributed by atoms with Gasteiger partial charge in [-0.15, -0.1) is 0 Å². The maximum atomic E-state index is 10.3. The van der Waals surface area contributed by atoms with Gasteiger partial charge in [0.1, 0.15) is 6.10 Å². The average Bonchev–Trinajstić information content (AvgIpc) is 3.18. The van der Waals surface area contributed by atoms with E-state index in [0.29, 0.717) is 11.6 Å². The van der Waals surface area contributed by atoms with Crippen molar-refractivity contribution >= 4 is 11.6 Å². The van der Waals surface area contributed by atoms with Crippen molar-refractivity contribution < 1.29 is 14.6 Å². The SMILES string of the molecule is Cc1ccc(C(OCC(O)CNCC2CCCO2)c2ccc(Cl)cc2)cc1. The summed E-state index contributed by atoms with van der Waals surface area (Å²) in [7, 11) is 0. The van der Waals surface area contributed by atoms with E-state index in [2.05, 4.69) is 36.5 Å². The largest absolute Gasteiger partial charge is 0.389 e. The third-order valence-electron chi connectivity index (χ3n) is 4.78. The molecule has 2 aromatic rings. The Bertz CT molecular complexity index is 638. The number of ether oxygens (including phenoxy) is 2. The lowest BCUT2D eigenvalue weighted by Gasteiger charge is -2.22. The first-order valence-electron chi connectivity index (χ1n) is 9.56. The van der Waals surface area contributed by atoms with Gasteiger partial charge in [0.25, 0.3) is 0 Å². The van der Waals surface area contributed by atoms with Crippen LogP contribution in [0.15, 0.2) is 48.5 Å². The lowest BCUT2D eigenvalue weighted by molar-refractivity contribution is 0.00517. The zero-order chi connectivity index (χ0) is 19.1. The van der Waals surface area contributed by atoms with E-state index in [1.165, 1.54) is 5.56 Å². The minimum absolute atomic E-state index is 0.240. The number of halogens is 1. The van der Waals surface area contributed by atoms with Crippen LogP contribution in [0.1, 0.15) is 35.6 Å². The van der Waals surface area contributed by atoms with Gasteiger partial charge < -0.3 is 19.9 Å². The lowest BCUT2D eigenvalue weighted by atomic mass is 10.0. The predicted octanol–water partition coefficient (Wildman–Crippen LogP) is 3.88. The minimum atomic E-state index is -0.577. The van der Waals surface area contributed by atoms with Gasteiger partial charge in [0, 0.05) is 24.7 Å². The second-order valence-corrected chi connectivity index (χ2v) is 7.56. The Hall–Kier alpha value is -1.43. The molecule has 1 fully saturated rings. The molecular weight excluding hydrogens is 362 g/mol. The number of benzene rings is 2. The van der Waals surface area contributed by atoms with E-state index < -0.39 is 6.10 Å². The number of aliphatic hydroxyl groups is 1. The van der Waals surface area contributed by atoms with Crippen LogP contribution >= 0.6 is 11.6 Å². The standard InChI is InChI=1S/C22H28ClNO3/c1-16-4-6-17(7-5-16)22(18-8-10-19(23)11-9-18)27-15-20(25)13-24-14-21-3-2-12-26-21/h4-11,20-22,24-25H,2-3,12-15H2,1H3. The molecular formula is C22H28ClNO3. The molecule has 5 heteroatoms. The third kappa shape index (κ3) is 6.30. The zero-order valence-corrected chi connectivity index (χ0v) is 16.5. The first-order chi connectivity index (χ1) is 13.1. The molecule has 0 amide bonds. The summed E-state index contributed by atoms with van der Waals surface area (Å²) in [5.41, 5.74) is 3.28. The fraction of sp³-hybridized carbons (Fsp3) is 0.455. The first-order valence-corrected chi connectivity index (χ1v) is 9.93. The Morgan fingerprint density at radius 2 is 1.81 bits per heavy atom. The molecule has 0 radical (unpaired) electrons. The second kappa shape index (κ2) is 10.2. The molecule has 0 spiro atoms. The third-order valence-corrected chi connectivity index (χ3v) is 5.04. The van der Waals surface area contributed by atoms with Crippen molar-refractivity contribution in [2.24, 2.45) is 0 Å². The molecule has 0 aromatic heterocycles. The van der Waals surface area contributed by atoms with Gasteiger partial charge >= 0.3 is 0 Å². The van der Waals surface area contributed by atoms with E-state index in [4.69, 9.17) is 21.1 Å². The van der Waals surface area contributed by atoms with Crippen molar-refractivity contribution in [1.29, 1.82) is 0 Å². The van der Waals surface area contributed by atoms with Gasteiger partial charge in [-0.2, -0.15) is 0 Å². The fourth-order valence-electron chi connectivity index (χ4n) is 3.25. The number of aliphatic hydroxyl groups excluding tert-OH is 1. The highest BCUT2D eigenvalue weighted by Gasteiger charge is 2.18. The Kier molecular flexibility index (Phi) is 7.68. The van der Waals surface area contributed by atoms with Crippen molar-refractivity contribution in [3.05, 3.63) is 70.2 Å². The maximum absolute atomic E-state index is 10.3. The summed E-state index contributed by atoms with van der Waals surface area (Å²) in [4.78, 5) is 0. The number of rotatable bonds is 9. The Balaban J connectivity index is 1.57. The van der Waals surface area contributed by atoms with E-state index in [1.807, 2.05) is 24.3 Å². The van der Waals surface area contributed by atoms with Gasteiger partial charge in [0.2, 0.25) is 0 Å². The molecule has 3 rings (SSSR count). The fourth-order valence-corrected chi connectivity index (χ4v) is 3.37. The Labute approximate surface area is 166 Å². The van der Waals surface area contributed by atoms with Crippen LogP contribution in [-0.4, -0.2) is 43.6 Å². The Morgan fingerprint density at radius 3 is 2.44 bits per heavy atom. The highest BCUT2D eigenvalue weighted by Crippen LogP contribution is 2.27. The van der Waals surface area contributed by atoms with Crippen LogP contribution in [0.5, 0.6) is 0 Å². The lowest BCUT2D eigenvalue weighted by Crippen LogP contribution is -2.35. The summed E-state index contributed by atoms with van der Waals surface area (Å²) < 4.78 is 11.7.